The lowest BCUT2D eigenvalue weighted by atomic mass is 9.80. The van der Waals surface area contributed by atoms with Crippen LogP contribution in [0.3, 0.4) is 0 Å². The van der Waals surface area contributed by atoms with E-state index in [9.17, 15) is 4.79 Å². The van der Waals surface area contributed by atoms with Crippen molar-refractivity contribution in [1.29, 1.82) is 0 Å². The summed E-state index contributed by atoms with van der Waals surface area (Å²) in [6, 6.07) is 13.7. The quantitative estimate of drug-likeness (QED) is 0.840. The van der Waals surface area contributed by atoms with Gasteiger partial charge in [0.1, 0.15) is 5.82 Å². The van der Waals surface area contributed by atoms with Crippen molar-refractivity contribution in [3.05, 3.63) is 54.2 Å². The summed E-state index contributed by atoms with van der Waals surface area (Å²) < 4.78 is 0. The fraction of sp³-hybridized carbons (Fsp3) is 0.333. The number of carbonyl (C=O) groups is 1. The largest absolute Gasteiger partial charge is 0.273 e. The Hall–Kier alpha value is -2.16. The van der Waals surface area contributed by atoms with Crippen LogP contribution in [0, 0.1) is 0 Å². The number of aromatic nitrogens is 1. The molecule has 0 saturated carbocycles. The number of amides is 1. The van der Waals surface area contributed by atoms with Gasteiger partial charge in [-0.2, -0.15) is 0 Å². The summed E-state index contributed by atoms with van der Waals surface area (Å²) in [5.74, 6) is 0.920. The molecule has 1 aliphatic heterocycles. The van der Waals surface area contributed by atoms with Gasteiger partial charge in [0.15, 0.2) is 0 Å². The third-order valence-electron chi connectivity index (χ3n) is 4.31. The van der Waals surface area contributed by atoms with Crippen LogP contribution in [0.4, 0.5) is 11.5 Å². The first-order chi connectivity index (χ1) is 10.2. The first-order valence-electron chi connectivity index (χ1n) is 7.53. The van der Waals surface area contributed by atoms with E-state index >= 15 is 0 Å². The third kappa shape index (κ3) is 2.13. The van der Waals surface area contributed by atoms with E-state index in [-0.39, 0.29) is 5.91 Å². The van der Waals surface area contributed by atoms with Gasteiger partial charge >= 0.3 is 0 Å². The van der Waals surface area contributed by atoms with Crippen molar-refractivity contribution in [2.24, 2.45) is 0 Å². The van der Waals surface area contributed by atoms with Crippen LogP contribution in [-0.2, 0) is 10.2 Å². The van der Waals surface area contributed by atoms with Gasteiger partial charge in [0.05, 0.1) is 11.1 Å². The summed E-state index contributed by atoms with van der Waals surface area (Å²) in [4.78, 5) is 19.3. The topological polar surface area (TPSA) is 33.2 Å². The summed E-state index contributed by atoms with van der Waals surface area (Å²) in [6.07, 6.45) is 4.75. The second-order valence-electron chi connectivity index (χ2n) is 5.79. The molecule has 3 heteroatoms. The zero-order valence-corrected chi connectivity index (χ0v) is 12.5. The first kappa shape index (κ1) is 13.8. The molecular formula is C18H20N2O. The van der Waals surface area contributed by atoms with Gasteiger partial charge < -0.3 is 0 Å². The molecule has 0 aliphatic carbocycles. The highest BCUT2D eigenvalue weighted by molar-refractivity contribution is 6.11. The van der Waals surface area contributed by atoms with E-state index < -0.39 is 5.41 Å². The Labute approximate surface area is 125 Å². The minimum absolute atomic E-state index is 0.135. The average Bonchev–Trinajstić information content (AvgIpc) is 2.75. The highest BCUT2D eigenvalue weighted by atomic mass is 16.2. The van der Waals surface area contributed by atoms with E-state index in [1.165, 1.54) is 0 Å². The standard InChI is InChI=1S/C18H20N2O/c1-3-4-12-18(2)15-11-8-13-19-16(15)20(17(18)21)14-9-6-5-7-10-14/h5-11,13H,3-4,12H2,1-2H3/t18-/m0/s1. The molecule has 108 valence electrons. The zero-order valence-electron chi connectivity index (χ0n) is 12.5. The van der Waals surface area contributed by atoms with Gasteiger partial charge in [0, 0.05) is 11.8 Å². The molecule has 3 rings (SSSR count). The molecule has 21 heavy (non-hydrogen) atoms. The predicted molar refractivity (Wildman–Crippen MR) is 84.7 cm³/mol. The van der Waals surface area contributed by atoms with E-state index in [4.69, 9.17) is 0 Å². The summed E-state index contributed by atoms with van der Waals surface area (Å²) in [7, 11) is 0. The summed E-state index contributed by atoms with van der Waals surface area (Å²) in [6.45, 7) is 4.20. The van der Waals surface area contributed by atoms with Crippen LogP contribution in [0.5, 0.6) is 0 Å². The Morgan fingerprint density at radius 3 is 2.62 bits per heavy atom. The minimum Gasteiger partial charge on any atom is -0.273 e. The second kappa shape index (κ2) is 5.32. The summed E-state index contributed by atoms with van der Waals surface area (Å²) in [5.41, 5.74) is 1.48. The van der Waals surface area contributed by atoms with Crippen LogP contribution in [0.15, 0.2) is 48.7 Å². The Morgan fingerprint density at radius 2 is 1.90 bits per heavy atom. The maximum atomic E-state index is 13.1. The number of unbranched alkanes of at least 4 members (excludes halogenated alkanes) is 1. The predicted octanol–water partition coefficient (Wildman–Crippen LogP) is 4.21. The lowest BCUT2D eigenvalue weighted by Gasteiger charge is -2.24. The second-order valence-corrected chi connectivity index (χ2v) is 5.79. The number of hydrogen-bond donors (Lipinski definition) is 0. The summed E-state index contributed by atoms with van der Waals surface area (Å²) >= 11 is 0. The number of fused-ring (bicyclic) bond motifs is 1. The van der Waals surface area contributed by atoms with E-state index in [1.807, 2.05) is 42.5 Å². The summed E-state index contributed by atoms with van der Waals surface area (Å²) in [5, 5.41) is 0. The van der Waals surface area contributed by atoms with E-state index in [0.717, 1.165) is 36.3 Å². The van der Waals surface area contributed by atoms with Crippen LogP contribution in [0.25, 0.3) is 0 Å². The maximum Gasteiger partial charge on any atom is 0.243 e. The number of carbonyl (C=O) groups excluding carboxylic acids is 1. The fourth-order valence-corrected chi connectivity index (χ4v) is 3.05. The molecule has 1 amide bonds. The van der Waals surface area contributed by atoms with Crippen LogP contribution >= 0.6 is 0 Å². The Balaban J connectivity index is 2.11. The Kier molecular flexibility index (Phi) is 3.50. The van der Waals surface area contributed by atoms with Gasteiger partial charge in [-0.05, 0) is 31.5 Å². The number of para-hydroxylation sites is 1. The maximum absolute atomic E-state index is 13.1. The minimum atomic E-state index is -0.463. The monoisotopic (exact) mass is 280 g/mol. The van der Waals surface area contributed by atoms with Gasteiger partial charge in [-0.3, -0.25) is 9.69 Å². The zero-order chi connectivity index (χ0) is 14.9. The Morgan fingerprint density at radius 1 is 1.14 bits per heavy atom. The van der Waals surface area contributed by atoms with E-state index in [2.05, 4.69) is 18.8 Å². The molecule has 0 bridgehead atoms. The van der Waals surface area contributed by atoms with Crippen molar-refractivity contribution < 1.29 is 4.79 Å². The first-order valence-corrected chi connectivity index (χ1v) is 7.53. The number of anilines is 2. The molecule has 0 radical (unpaired) electrons. The van der Waals surface area contributed by atoms with Crippen LogP contribution in [0.2, 0.25) is 0 Å². The third-order valence-corrected chi connectivity index (χ3v) is 4.31. The normalized spacial score (nSPS) is 20.7. The molecule has 0 saturated heterocycles. The lowest BCUT2D eigenvalue weighted by molar-refractivity contribution is -0.122. The molecule has 1 aromatic heterocycles. The smallest absolute Gasteiger partial charge is 0.243 e. The SMILES string of the molecule is CCCC[C@]1(C)C(=O)N(c2ccccc2)c2ncccc21. The highest BCUT2D eigenvalue weighted by Crippen LogP contribution is 2.46. The molecule has 1 aliphatic rings. The van der Waals surface area contributed by atoms with Crippen LogP contribution < -0.4 is 4.90 Å². The molecule has 2 aromatic rings. The van der Waals surface area contributed by atoms with Crippen LogP contribution in [-0.4, -0.2) is 10.9 Å². The molecule has 0 fully saturated rings. The van der Waals surface area contributed by atoms with Crippen molar-refractivity contribution in [3.63, 3.8) is 0 Å². The molecule has 3 nitrogen and oxygen atoms in total. The molecular weight excluding hydrogens is 260 g/mol. The van der Waals surface area contributed by atoms with Gasteiger partial charge in [-0.1, -0.05) is 44.0 Å². The molecule has 0 spiro atoms. The fourth-order valence-electron chi connectivity index (χ4n) is 3.05. The van der Waals surface area contributed by atoms with Crippen molar-refractivity contribution in [3.8, 4) is 0 Å². The lowest BCUT2D eigenvalue weighted by Crippen LogP contribution is -2.35. The molecule has 2 heterocycles. The van der Waals surface area contributed by atoms with Crippen molar-refractivity contribution in [2.45, 2.75) is 38.5 Å². The highest BCUT2D eigenvalue weighted by Gasteiger charge is 2.48. The van der Waals surface area contributed by atoms with Crippen molar-refractivity contribution >= 4 is 17.4 Å². The average molecular weight is 280 g/mol. The van der Waals surface area contributed by atoms with Crippen molar-refractivity contribution in [1.82, 2.24) is 4.98 Å². The number of rotatable bonds is 4. The Bertz CT molecular complexity index is 653. The van der Waals surface area contributed by atoms with E-state index in [1.54, 1.807) is 11.1 Å². The van der Waals surface area contributed by atoms with E-state index in [0.29, 0.717) is 0 Å². The number of hydrogen-bond acceptors (Lipinski definition) is 2. The molecule has 1 aromatic carbocycles. The van der Waals surface area contributed by atoms with Gasteiger partial charge in [0.25, 0.3) is 0 Å². The number of pyridine rings is 1. The number of benzene rings is 1. The van der Waals surface area contributed by atoms with Gasteiger partial charge in [-0.25, -0.2) is 4.98 Å². The molecule has 0 N–H and O–H groups in total. The molecule has 0 unspecified atom stereocenters. The van der Waals surface area contributed by atoms with Crippen molar-refractivity contribution in [2.75, 3.05) is 4.90 Å². The number of nitrogens with zero attached hydrogens (tertiary/aromatic N) is 2. The van der Waals surface area contributed by atoms with Gasteiger partial charge in [0.2, 0.25) is 5.91 Å². The van der Waals surface area contributed by atoms with Gasteiger partial charge in [-0.15, -0.1) is 0 Å². The molecule has 1 atom stereocenters. The van der Waals surface area contributed by atoms with Crippen LogP contribution in [0.1, 0.15) is 38.7 Å².